The van der Waals surface area contributed by atoms with E-state index >= 15 is 0 Å². The molecule has 0 spiro atoms. The molecule has 0 saturated carbocycles. The summed E-state index contributed by atoms with van der Waals surface area (Å²) in [7, 11) is 1.44. The minimum atomic E-state index is -0.378. The third-order valence-electron chi connectivity index (χ3n) is 3.69. The molecule has 1 fully saturated rings. The van der Waals surface area contributed by atoms with Crippen LogP contribution in [0.3, 0.4) is 0 Å². The van der Waals surface area contributed by atoms with Gasteiger partial charge in [0, 0.05) is 19.1 Å². The molecule has 1 saturated heterocycles. The van der Waals surface area contributed by atoms with Crippen molar-refractivity contribution in [2.75, 3.05) is 26.7 Å². The maximum atomic E-state index is 13.3. The number of benzene rings is 1. The lowest BCUT2D eigenvalue weighted by molar-refractivity contribution is -0.129. The molecule has 0 aromatic heterocycles. The lowest BCUT2D eigenvalue weighted by Crippen LogP contribution is -2.37. The summed E-state index contributed by atoms with van der Waals surface area (Å²) in [5.41, 5.74) is 0.900. The highest BCUT2D eigenvalue weighted by Crippen LogP contribution is 2.22. The molecule has 1 atom stereocenters. The number of ether oxygens (including phenoxy) is 1. The quantitative estimate of drug-likeness (QED) is 0.898. The van der Waals surface area contributed by atoms with Gasteiger partial charge in [0.25, 0.3) is 0 Å². The molecule has 1 aromatic rings. The second-order valence-corrected chi connectivity index (χ2v) is 5.08. The molecule has 1 amide bonds. The van der Waals surface area contributed by atoms with Crippen LogP contribution in [0.15, 0.2) is 18.2 Å². The molecule has 2 rings (SSSR count). The van der Waals surface area contributed by atoms with Crippen molar-refractivity contribution in [3.8, 4) is 5.75 Å². The predicted octanol–water partition coefficient (Wildman–Crippen LogP) is 2.11. The third kappa shape index (κ3) is 3.48. The van der Waals surface area contributed by atoms with Crippen LogP contribution in [0.2, 0.25) is 0 Å². The Balaban J connectivity index is 1.91. The maximum absolute atomic E-state index is 13.3. The normalized spacial score (nSPS) is 16.2. The van der Waals surface area contributed by atoms with Gasteiger partial charge in [-0.05, 0) is 37.5 Å². The highest BCUT2D eigenvalue weighted by atomic mass is 19.1. The fourth-order valence-electron chi connectivity index (χ4n) is 2.38. The first-order chi connectivity index (χ1) is 9.61. The molecule has 1 aliphatic heterocycles. The third-order valence-corrected chi connectivity index (χ3v) is 3.69. The van der Waals surface area contributed by atoms with E-state index in [0.29, 0.717) is 6.54 Å². The summed E-state index contributed by atoms with van der Waals surface area (Å²) >= 11 is 0. The summed E-state index contributed by atoms with van der Waals surface area (Å²) < 4.78 is 18.3. The molecule has 0 aliphatic carbocycles. The Hall–Kier alpha value is -1.62. The molecule has 4 nitrogen and oxygen atoms in total. The van der Waals surface area contributed by atoms with Crippen LogP contribution in [0.25, 0.3) is 0 Å². The fourth-order valence-corrected chi connectivity index (χ4v) is 2.38. The average Bonchev–Trinajstić information content (AvgIpc) is 2.99. The first-order valence-electron chi connectivity index (χ1n) is 6.96. The van der Waals surface area contributed by atoms with Crippen molar-refractivity contribution in [3.63, 3.8) is 0 Å². The number of hydrogen-bond acceptors (Lipinski definition) is 3. The van der Waals surface area contributed by atoms with E-state index in [1.165, 1.54) is 13.2 Å². The zero-order valence-electron chi connectivity index (χ0n) is 12.0. The number of hydrogen-bond donors (Lipinski definition) is 1. The van der Waals surface area contributed by atoms with Crippen molar-refractivity contribution in [2.24, 2.45) is 0 Å². The van der Waals surface area contributed by atoms with E-state index in [2.05, 4.69) is 5.32 Å². The monoisotopic (exact) mass is 280 g/mol. The van der Waals surface area contributed by atoms with Gasteiger partial charge < -0.3 is 15.0 Å². The van der Waals surface area contributed by atoms with Gasteiger partial charge in [-0.1, -0.05) is 6.07 Å². The molecule has 1 aromatic carbocycles. The topological polar surface area (TPSA) is 41.6 Å². The minimum absolute atomic E-state index is 0.0314. The van der Waals surface area contributed by atoms with Gasteiger partial charge in [0.05, 0.1) is 13.7 Å². The Bertz CT molecular complexity index is 473. The number of carbonyl (C=O) groups excluding carboxylic acids is 1. The number of methoxy groups -OCH3 is 1. The maximum Gasteiger partial charge on any atom is 0.236 e. The summed E-state index contributed by atoms with van der Waals surface area (Å²) in [6, 6.07) is 4.72. The number of halogens is 1. The van der Waals surface area contributed by atoms with Crippen LogP contribution >= 0.6 is 0 Å². The van der Waals surface area contributed by atoms with E-state index < -0.39 is 0 Å². The molecule has 0 bridgehead atoms. The Morgan fingerprint density at radius 1 is 1.45 bits per heavy atom. The van der Waals surface area contributed by atoms with Crippen LogP contribution in [-0.4, -0.2) is 37.6 Å². The molecule has 20 heavy (non-hydrogen) atoms. The Morgan fingerprint density at radius 2 is 2.15 bits per heavy atom. The van der Waals surface area contributed by atoms with Crippen LogP contribution in [0, 0.1) is 5.82 Å². The van der Waals surface area contributed by atoms with Crippen molar-refractivity contribution in [3.05, 3.63) is 29.6 Å². The van der Waals surface area contributed by atoms with E-state index in [9.17, 15) is 9.18 Å². The van der Waals surface area contributed by atoms with Crippen LogP contribution < -0.4 is 10.1 Å². The van der Waals surface area contributed by atoms with Gasteiger partial charge in [-0.2, -0.15) is 0 Å². The number of amides is 1. The number of carbonyl (C=O) groups is 1. The van der Waals surface area contributed by atoms with E-state index in [1.54, 1.807) is 12.1 Å². The largest absolute Gasteiger partial charge is 0.494 e. The van der Waals surface area contributed by atoms with E-state index in [4.69, 9.17) is 4.74 Å². The summed E-state index contributed by atoms with van der Waals surface area (Å²) in [5, 5.41) is 3.18. The molecule has 1 heterocycles. The van der Waals surface area contributed by atoms with Gasteiger partial charge in [0.1, 0.15) is 0 Å². The van der Waals surface area contributed by atoms with E-state index in [-0.39, 0.29) is 23.5 Å². The van der Waals surface area contributed by atoms with Crippen LogP contribution in [0.5, 0.6) is 5.75 Å². The SMILES string of the molecule is COc1cc(C(C)NCC(=O)N2CCCC2)ccc1F. The number of rotatable bonds is 5. The molecule has 0 radical (unpaired) electrons. The van der Waals surface area contributed by atoms with Crippen molar-refractivity contribution < 1.29 is 13.9 Å². The van der Waals surface area contributed by atoms with Crippen molar-refractivity contribution in [1.29, 1.82) is 0 Å². The minimum Gasteiger partial charge on any atom is -0.494 e. The lowest BCUT2D eigenvalue weighted by Gasteiger charge is -2.19. The summed E-state index contributed by atoms with van der Waals surface area (Å²) in [4.78, 5) is 13.8. The highest BCUT2D eigenvalue weighted by molar-refractivity contribution is 5.78. The van der Waals surface area contributed by atoms with E-state index in [0.717, 1.165) is 31.5 Å². The predicted molar refractivity (Wildman–Crippen MR) is 75.2 cm³/mol. The Kier molecular flexibility index (Phi) is 4.95. The highest BCUT2D eigenvalue weighted by Gasteiger charge is 2.18. The smallest absolute Gasteiger partial charge is 0.236 e. The zero-order valence-corrected chi connectivity index (χ0v) is 12.0. The van der Waals surface area contributed by atoms with E-state index in [1.807, 2.05) is 11.8 Å². The number of nitrogens with one attached hydrogen (secondary N) is 1. The fraction of sp³-hybridized carbons (Fsp3) is 0.533. The molecule has 1 aliphatic rings. The van der Waals surface area contributed by atoms with Crippen molar-refractivity contribution in [2.45, 2.75) is 25.8 Å². The summed E-state index contributed by atoms with van der Waals surface area (Å²) in [6.45, 7) is 3.98. The first kappa shape index (κ1) is 14.8. The van der Waals surface area contributed by atoms with Crippen molar-refractivity contribution in [1.82, 2.24) is 10.2 Å². The standard InChI is InChI=1S/C15H21FN2O2/c1-11(12-5-6-13(16)14(9-12)20-2)17-10-15(19)18-7-3-4-8-18/h5-6,9,11,17H,3-4,7-8,10H2,1-2H3. The van der Waals surface area contributed by atoms with Gasteiger partial charge >= 0.3 is 0 Å². The van der Waals surface area contributed by atoms with Gasteiger partial charge in [-0.15, -0.1) is 0 Å². The molecular weight excluding hydrogens is 259 g/mol. The van der Waals surface area contributed by atoms with Gasteiger partial charge in [-0.25, -0.2) is 4.39 Å². The molecule has 1 N–H and O–H groups in total. The number of likely N-dealkylation sites (tertiary alicyclic amines) is 1. The molecule has 5 heteroatoms. The van der Waals surface area contributed by atoms with Crippen LogP contribution in [0.1, 0.15) is 31.4 Å². The lowest BCUT2D eigenvalue weighted by atomic mass is 10.1. The zero-order chi connectivity index (χ0) is 14.5. The van der Waals surface area contributed by atoms with Gasteiger partial charge in [-0.3, -0.25) is 4.79 Å². The second-order valence-electron chi connectivity index (χ2n) is 5.08. The van der Waals surface area contributed by atoms with Gasteiger partial charge in [0.2, 0.25) is 5.91 Å². The average molecular weight is 280 g/mol. The van der Waals surface area contributed by atoms with Crippen LogP contribution in [-0.2, 0) is 4.79 Å². The van der Waals surface area contributed by atoms with Crippen LogP contribution in [0.4, 0.5) is 4.39 Å². The second kappa shape index (κ2) is 6.70. The molecule has 110 valence electrons. The summed E-state index contributed by atoms with van der Waals surface area (Å²) in [6.07, 6.45) is 2.19. The molecular formula is C15H21FN2O2. The Labute approximate surface area is 118 Å². The number of nitrogens with zero attached hydrogens (tertiary/aromatic N) is 1. The first-order valence-corrected chi connectivity index (χ1v) is 6.96. The Morgan fingerprint density at radius 3 is 2.80 bits per heavy atom. The molecule has 1 unspecified atom stereocenters. The summed E-state index contributed by atoms with van der Waals surface area (Å²) in [5.74, 6) is -0.0259. The van der Waals surface area contributed by atoms with Gasteiger partial charge in [0.15, 0.2) is 11.6 Å². The van der Waals surface area contributed by atoms with Crippen molar-refractivity contribution >= 4 is 5.91 Å².